The lowest BCUT2D eigenvalue weighted by molar-refractivity contribution is 0.178. The number of likely N-dealkylation sites (tertiary alicyclic amines) is 1. The third-order valence-corrected chi connectivity index (χ3v) is 3.94. The molecule has 18 heavy (non-hydrogen) atoms. The van der Waals surface area contributed by atoms with E-state index in [4.69, 9.17) is 0 Å². The van der Waals surface area contributed by atoms with Crippen molar-refractivity contribution in [1.29, 1.82) is 0 Å². The molecule has 1 aliphatic rings. The van der Waals surface area contributed by atoms with E-state index < -0.39 is 0 Å². The van der Waals surface area contributed by atoms with Crippen molar-refractivity contribution >= 4 is 0 Å². The van der Waals surface area contributed by atoms with Gasteiger partial charge in [-0.05, 0) is 45.3 Å². The molecule has 1 N–H and O–H groups in total. The first kappa shape index (κ1) is 13.5. The summed E-state index contributed by atoms with van der Waals surface area (Å²) in [5, 5.41) is 3.46. The number of piperidine rings is 1. The molecule has 2 rings (SSSR count). The minimum Gasteiger partial charge on any atom is -0.310 e. The van der Waals surface area contributed by atoms with Gasteiger partial charge in [0.2, 0.25) is 0 Å². The monoisotopic (exact) mass is 250 g/mol. The molecule has 0 aliphatic carbocycles. The molecule has 1 aromatic carbocycles. The predicted octanol–water partition coefficient (Wildman–Crippen LogP) is 2.65. The van der Waals surface area contributed by atoms with Gasteiger partial charge < -0.3 is 10.2 Å². The van der Waals surface area contributed by atoms with E-state index in [9.17, 15) is 4.39 Å². The van der Waals surface area contributed by atoms with Crippen LogP contribution in [0.15, 0.2) is 24.3 Å². The van der Waals surface area contributed by atoms with Crippen LogP contribution in [0.4, 0.5) is 4.39 Å². The molecule has 100 valence electrons. The molecule has 2 nitrogen and oxygen atoms in total. The summed E-state index contributed by atoms with van der Waals surface area (Å²) >= 11 is 0. The second kappa shape index (κ2) is 6.30. The molecule has 1 aliphatic heterocycles. The molecular weight excluding hydrogens is 227 g/mol. The molecular formula is C15H23FN2. The highest BCUT2D eigenvalue weighted by molar-refractivity contribution is 5.17. The third-order valence-electron chi connectivity index (χ3n) is 3.94. The van der Waals surface area contributed by atoms with Gasteiger partial charge in [0, 0.05) is 24.7 Å². The van der Waals surface area contributed by atoms with E-state index in [1.807, 2.05) is 12.1 Å². The highest BCUT2D eigenvalue weighted by atomic mass is 19.1. The normalized spacial score (nSPS) is 22.9. The van der Waals surface area contributed by atoms with E-state index in [1.54, 1.807) is 6.07 Å². The summed E-state index contributed by atoms with van der Waals surface area (Å²) in [5.74, 6) is 0.563. The SMILES string of the molecule is CC(NCc1ccccc1F)C1CCCN(C)C1. The minimum absolute atomic E-state index is 0.113. The fraction of sp³-hybridized carbons (Fsp3) is 0.600. The van der Waals surface area contributed by atoms with Crippen molar-refractivity contribution < 1.29 is 4.39 Å². The van der Waals surface area contributed by atoms with E-state index >= 15 is 0 Å². The molecule has 1 saturated heterocycles. The van der Waals surface area contributed by atoms with Gasteiger partial charge in [0.1, 0.15) is 5.82 Å². The van der Waals surface area contributed by atoms with Crippen LogP contribution in [-0.2, 0) is 6.54 Å². The van der Waals surface area contributed by atoms with E-state index in [0.717, 1.165) is 12.1 Å². The number of hydrogen-bond acceptors (Lipinski definition) is 2. The topological polar surface area (TPSA) is 15.3 Å². The van der Waals surface area contributed by atoms with Crippen LogP contribution in [0, 0.1) is 11.7 Å². The van der Waals surface area contributed by atoms with Gasteiger partial charge in [0.25, 0.3) is 0 Å². The van der Waals surface area contributed by atoms with Crippen LogP contribution < -0.4 is 5.32 Å². The first-order valence-corrected chi connectivity index (χ1v) is 6.82. The summed E-state index contributed by atoms with van der Waals surface area (Å²) in [6.07, 6.45) is 2.54. The number of halogens is 1. The Kier molecular flexibility index (Phi) is 4.72. The van der Waals surface area contributed by atoms with Crippen LogP contribution in [0.2, 0.25) is 0 Å². The molecule has 0 radical (unpaired) electrons. The van der Waals surface area contributed by atoms with E-state index in [0.29, 0.717) is 18.5 Å². The molecule has 0 amide bonds. The fourth-order valence-electron chi connectivity index (χ4n) is 2.69. The molecule has 0 saturated carbocycles. The molecule has 1 aromatic rings. The highest BCUT2D eigenvalue weighted by Crippen LogP contribution is 2.19. The van der Waals surface area contributed by atoms with Crippen LogP contribution in [0.25, 0.3) is 0 Å². The summed E-state index contributed by atoms with van der Waals surface area (Å²) in [6, 6.07) is 7.43. The van der Waals surface area contributed by atoms with Crippen molar-refractivity contribution in [3.63, 3.8) is 0 Å². The van der Waals surface area contributed by atoms with Crippen molar-refractivity contribution in [2.45, 2.75) is 32.4 Å². The van der Waals surface area contributed by atoms with Gasteiger partial charge in [0.05, 0.1) is 0 Å². The average Bonchev–Trinajstić information content (AvgIpc) is 2.37. The van der Waals surface area contributed by atoms with E-state index in [1.165, 1.54) is 25.5 Å². The van der Waals surface area contributed by atoms with Crippen molar-refractivity contribution in [3.8, 4) is 0 Å². The Labute approximate surface area is 109 Å². The molecule has 3 heteroatoms. The molecule has 0 aromatic heterocycles. The van der Waals surface area contributed by atoms with Gasteiger partial charge in [-0.25, -0.2) is 4.39 Å². The second-order valence-electron chi connectivity index (χ2n) is 5.43. The van der Waals surface area contributed by atoms with Crippen molar-refractivity contribution in [3.05, 3.63) is 35.6 Å². The Bertz CT molecular complexity index is 381. The standard InChI is InChI=1S/C15H23FN2/c1-12(14-7-5-9-18(2)11-14)17-10-13-6-3-4-8-15(13)16/h3-4,6,8,12,14,17H,5,7,9-11H2,1-2H3. The van der Waals surface area contributed by atoms with Gasteiger partial charge in [-0.1, -0.05) is 18.2 Å². The van der Waals surface area contributed by atoms with Crippen LogP contribution in [0.1, 0.15) is 25.3 Å². The summed E-state index contributed by atoms with van der Waals surface area (Å²) in [5.41, 5.74) is 0.758. The molecule has 0 spiro atoms. The molecule has 1 heterocycles. The number of benzene rings is 1. The Morgan fingerprint density at radius 3 is 2.94 bits per heavy atom. The summed E-state index contributed by atoms with van der Waals surface area (Å²) in [7, 11) is 2.18. The number of nitrogens with one attached hydrogen (secondary N) is 1. The maximum absolute atomic E-state index is 13.5. The largest absolute Gasteiger partial charge is 0.310 e. The van der Waals surface area contributed by atoms with Crippen molar-refractivity contribution in [2.24, 2.45) is 5.92 Å². The maximum atomic E-state index is 13.5. The Morgan fingerprint density at radius 1 is 1.44 bits per heavy atom. The fourth-order valence-corrected chi connectivity index (χ4v) is 2.69. The summed E-state index contributed by atoms with van der Waals surface area (Å²) < 4.78 is 13.5. The van der Waals surface area contributed by atoms with Gasteiger partial charge in [-0.15, -0.1) is 0 Å². The zero-order valence-corrected chi connectivity index (χ0v) is 11.3. The lowest BCUT2D eigenvalue weighted by atomic mass is 9.92. The molecule has 1 fully saturated rings. The van der Waals surface area contributed by atoms with Crippen molar-refractivity contribution in [2.75, 3.05) is 20.1 Å². The van der Waals surface area contributed by atoms with Gasteiger partial charge in [0.15, 0.2) is 0 Å². The van der Waals surface area contributed by atoms with Gasteiger partial charge >= 0.3 is 0 Å². The Hall–Kier alpha value is -0.930. The van der Waals surface area contributed by atoms with Crippen LogP contribution in [0.5, 0.6) is 0 Å². The first-order valence-electron chi connectivity index (χ1n) is 6.82. The first-order chi connectivity index (χ1) is 8.66. The average molecular weight is 250 g/mol. The van der Waals surface area contributed by atoms with Gasteiger partial charge in [-0.2, -0.15) is 0 Å². The number of hydrogen-bond donors (Lipinski definition) is 1. The van der Waals surface area contributed by atoms with Crippen LogP contribution >= 0.6 is 0 Å². The zero-order valence-electron chi connectivity index (χ0n) is 11.3. The smallest absolute Gasteiger partial charge is 0.127 e. The van der Waals surface area contributed by atoms with Crippen LogP contribution in [-0.4, -0.2) is 31.1 Å². The summed E-state index contributed by atoms with van der Waals surface area (Å²) in [6.45, 7) is 5.18. The van der Waals surface area contributed by atoms with Gasteiger partial charge in [-0.3, -0.25) is 0 Å². The molecule has 2 unspecified atom stereocenters. The van der Waals surface area contributed by atoms with Crippen LogP contribution in [0.3, 0.4) is 0 Å². The third kappa shape index (κ3) is 3.53. The van der Waals surface area contributed by atoms with Crippen molar-refractivity contribution in [1.82, 2.24) is 10.2 Å². The minimum atomic E-state index is -0.113. The Morgan fingerprint density at radius 2 is 2.22 bits per heavy atom. The van der Waals surface area contributed by atoms with E-state index in [2.05, 4.69) is 24.2 Å². The number of rotatable bonds is 4. The maximum Gasteiger partial charge on any atom is 0.127 e. The lowest BCUT2D eigenvalue weighted by Crippen LogP contribution is -2.42. The summed E-state index contributed by atoms with van der Waals surface area (Å²) in [4.78, 5) is 2.38. The molecule has 2 atom stereocenters. The predicted molar refractivity (Wildman–Crippen MR) is 72.9 cm³/mol. The number of nitrogens with zero attached hydrogens (tertiary/aromatic N) is 1. The zero-order chi connectivity index (χ0) is 13.0. The van der Waals surface area contributed by atoms with E-state index in [-0.39, 0.29) is 5.82 Å². The quantitative estimate of drug-likeness (QED) is 0.883. The highest BCUT2D eigenvalue weighted by Gasteiger charge is 2.22. The molecule has 0 bridgehead atoms. The second-order valence-corrected chi connectivity index (χ2v) is 5.43. The Balaban J connectivity index is 1.84. The lowest BCUT2D eigenvalue weighted by Gasteiger charge is -2.34.